The molecule has 0 N–H and O–H groups in total. The number of fused-ring (bicyclic) bond motifs is 1. The van der Waals surface area contributed by atoms with Crippen LogP contribution in [0, 0.1) is 24.1 Å². The molecule has 0 spiro atoms. The van der Waals surface area contributed by atoms with E-state index in [2.05, 4.69) is 4.98 Å². The molecule has 4 nitrogen and oxygen atoms in total. The number of aromatic nitrogens is 2. The highest BCUT2D eigenvalue weighted by atomic mass is 32.2. The van der Waals surface area contributed by atoms with E-state index in [9.17, 15) is 9.18 Å². The number of thioether (sulfide) groups is 1. The highest BCUT2D eigenvalue weighted by Crippen LogP contribution is 2.22. The molecule has 6 heteroatoms. The lowest BCUT2D eigenvalue weighted by molar-refractivity contribution is 0.616. The van der Waals surface area contributed by atoms with Crippen LogP contribution in [0.4, 0.5) is 4.39 Å². The van der Waals surface area contributed by atoms with Crippen molar-refractivity contribution in [2.75, 3.05) is 5.75 Å². The van der Waals surface area contributed by atoms with Crippen molar-refractivity contribution in [3.63, 3.8) is 0 Å². The summed E-state index contributed by atoms with van der Waals surface area (Å²) in [6, 6.07) is 13.6. The zero-order valence-electron chi connectivity index (χ0n) is 12.3. The van der Waals surface area contributed by atoms with Crippen LogP contribution in [0.15, 0.2) is 52.4 Å². The monoisotopic (exact) mass is 325 g/mol. The Balaban J connectivity index is 2.32. The number of rotatable bonds is 3. The van der Waals surface area contributed by atoms with Crippen molar-refractivity contribution >= 4 is 22.7 Å². The molecular weight excluding hydrogens is 313 g/mol. The van der Waals surface area contributed by atoms with Crippen LogP contribution < -0.4 is 5.56 Å². The maximum absolute atomic E-state index is 13.9. The molecule has 0 aliphatic rings. The maximum atomic E-state index is 13.9. The Hall–Kier alpha value is -2.65. The van der Waals surface area contributed by atoms with Gasteiger partial charge < -0.3 is 0 Å². The lowest BCUT2D eigenvalue weighted by Gasteiger charge is -2.12. The van der Waals surface area contributed by atoms with Crippen molar-refractivity contribution in [1.29, 1.82) is 5.26 Å². The second kappa shape index (κ2) is 6.23. The number of benzene rings is 2. The van der Waals surface area contributed by atoms with Crippen LogP contribution in [0.25, 0.3) is 16.6 Å². The summed E-state index contributed by atoms with van der Waals surface area (Å²) in [6.07, 6.45) is 0. The predicted molar refractivity (Wildman–Crippen MR) is 88.4 cm³/mol. The molecule has 0 saturated carbocycles. The molecule has 3 rings (SSSR count). The van der Waals surface area contributed by atoms with Gasteiger partial charge in [-0.1, -0.05) is 30.0 Å². The van der Waals surface area contributed by atoms with E-state index >= 15 is 0 Å². The van der Waals surface area contributed by atoms with Crippen LogP contribution in [0.5, 0.6) is 0 Å². The number of nitriles is 1. The minimum absolute atomic E-state index is 0.152. The minimum atomic E-state index is -0.390. The van der Waals surface area contributed by atoms with Gasteiger partial charge >= 0.3 is 0 Å². The molecule has 1 heterocycles. The van der Waals surface area contributed by atoms with Gasteiger partial charge in [0.15, 0.2) is 5.16 Å². The second-order valence-electron chi connectivity index (χ2n) is 4.93. The summed E-state index contributed by atoms with van der Waals surface area (Å²) >= 11 is 1.15. The van der Waals surface area contributed by atoms with Gasteiger partial charge in [-0.15, -0.1) is 0 Å². The summed E-state index contributed by atoms with van der Waals surface area (Å²) in [6.45, 7) is 1.66. The highest BCUT2D eigenvalue weighted by Gasteiger charge is 2.14. The van der Waals surface area contributed by atoms with Crippen LogP contribution in [0.1, 0.15) is 5.56 Å². The van der Waals surface area contributed by atoms with E-state index in [-0.39, 0.29) is 11.3 Å². The molecule has 2 aromatic carbocycles. The van der Waals surface area contributed by atoms with Crippen molar-refractivity contribution in [2.45, 2.75) is 12.1 Å². The number of para-hydroxylation sites is 1. The minimum Gasteiger partial charge on any atom is -0.268 e. The van der Waals surface area contributed by atoms with Gasteiger partial charge in [0.1, 0.15) is 5.82 Å². The Morgan fingerprint density at radius 3 is 2.83 bits per heavy atom. The lowest BCUT2D eigenvalue weighted by atomic mass is 10.2. The van der Waals surface area contributed by atoms with Gasteiger partial charge in [0.25, 0.3) is 5.56 Å². The summed E-state index contributed by atoms with van der Waals surface area (Å²) in [4.78, 5) is 17.3. The van der Waals surface area contributed by atoms with Crippen molar-refractivity contribution in [3.8, 4) is 11.8 Å². The van der Waals surface area contributed by atoms with Gasteiger partial charge in [0, 0.05) is 0 Å². The third kappa shape index (κ3) is 2.83. The van der Waals surface area contributed by atoms with Crippen LogP contribution in [0.3, 0.4) is 0 Å². The summed E-state index contributed by atoms with van der Waals surface area (Å²) in [5.41, 5.74) is 1.18. The molecule has 23 heavy (non-hydrogen) atoms. The normalized spacial score (nSPS) is 10.7. The maximum Gasteiger partial charge on any atom is 0.266 e. The third-order valence-electron chi connectivity index (χ3n) is 3.42. The Morgan fingerprint density at radius 2 is 2.09 bits per heavy atom. The molecule has 0 radical (unpaired) electrons. The number of hydrogen-bond donors (Lipinski definition) is 0. The average Bonchev–Trinajstić information content (AvgIpc) is 2.56. The van der Waals surface area contributed by atoms with Gasteiger partial charge in [0.2, 0.25) is 0 Å². The second-order valence-corrected chi connectivity index (χ2v) is 5.87. The summed E-state index contributed by atoms with van der Waals surface area (Å²) < 4.78 is 15.3. The Kier molecular flexibility index (Phi) is 4.13. The predicted octanol–water partition coefficient (Wildman–Crippen LogP) is 3.45. The fraction of sp³-hybridized carbons (Fsp3) is 0.118. The van der Waals surface area contributed by atoms with Gasteiger partial charge in [-0.25, -0.2) is 9.37 Å². The van der Waals surface area contributed by atoms with Gasteiger partial charge in [0.05, 0.1) is 28.4 Å². The van der Waals surface area contributed by atoms with Gasteiger partial charge in [-0.05, 0) is 36.8 Å². The lowest BCUT2D eigenvalue weighted by Crippen LogP contribution is -2.22. The Labute approximate surface area is 136 Å². The molecule has 0 aliphatic heterocycles. The largest absolute Gasteiger partial charge is 0.268 e. The quantitative estimate of drug-likeness (QED) is 0.547. The third-order valence-corrected chi connectivity index (χ3v) is 4.23. The van der Waals surface area contributed by atoms with Crippen LogP contribution >= 0.6 is 11.8 Å². The molecular formula is C17H12FN3OS. The zero-order valence-corrected chi connectivity index (χ0v) is 13.1. The van der Waals surface area contributed by atoms with Crippen LogP contribution in [0.2, 0.25) is 0 Å². The molecule has 1 aromatic heterocycles. The molecule has 0 unspecified atom stereocenters. The number of halogens is 1. The van der Waals surface area contributed by atoms with Crippen LogP contribution in [-0.2, 0) is 0 Å². The number of hydrogen-bond acceptors (Lipinski definition) is 4. The fourth-order valence-corrected chi connectivity index (χ4v) is 2.93. The standard InChI is InChI=1S/C17H12FN3OS/c1-11-6-7-12(10-14(11)18)21-16(22)13-4-2-3-5-15(13)20-17(21)23-9-8-19/h2-7,10H,9H2,1H3. The van der Waals surface area contributed by atoms with Gasteiger partial charge in [-0.2, -0.15) is 5.26 Å². The molecule has 0 bridgehead atoms. The van der Waals surface area contributed by atoms with E-state index in [1.54, 1.807) is 43.3 Å². The Bertz CT molecular complexity index is 991. The topological polar surface area (TPSA) is 58.7 Å². The number of nitrogens with zero attached hydrogens (tertiary/aromatic N) is 3. The molecule has 0 amide bonds. The Morgan fingerprint density at radius 1 is 1.30 bits per heavy atom. The van der Waals surface area contributed by atoms with Crippen molar-refractivity contribution < 1.29 is 4.39 Å². The summed E-state index contributed by atoms with van der Waals surface area (Å²) in [5.74, 6) is -0.238. The molecule has 0 atom stereocenters. The van der Waals surface area contributed by atoms with E-state index in [0.717, 1.165) is 11.8 Å². The molecule has 0 fully saturated rings. The van der Waals surface area contributed by atoms with Crippen molar-refractivity contribution in [1.82, 2.24) is 9.55 Å². The first kappa shape index (κ1) is 15.3. The first-order valence-electron chi connectivity index (χ1n) is 6.90. The summed E-state index contributed by atoms with van der Waals surface area (Å²) in [7, 11) is 0. The first-order valence-corrected chi connectivity index (χ1v) is 7.88. The zero-order chi connectivity index (χ0) is 16.4. The van der Waals surface area contributed by atoms with E-state index in [0.29, 0.717) is 27.3 Å². The van der Waals surface area contributed by atoms with Crippen molar-refractivity contribution in [3.05, 3.63) is 64.2 Å². The van der Waals surface area contributed by atoms with E-state index in [1.807, 2.05) is 6.07 Å². The average molecular weight is 325 g/mol. The summed E-state index contributed by atoms with van der Waals surface area (Å²) in [5, 5.41) is 9.63. The molecule has 0 saturated heterocycles. The highest BCUT2D eigenvalue weighted by molar-refractivity contribution is 7.99. The van der Waals surface area contributed by atoms with E-state index in [1.165, 1.54) is 10.6 Å². The van der Waals surface area contributed by atoms with E-state index < -0.39 is 5.82 Å². The first-order chi connectivity index (χ1) is 11.1. The van der Waals surface area contributed by atoms with Gasteiger partial charge in [-0.3, -0.25) is 9.36 Å². The smallest absolute Gasteiger partial charge is 0.266 e. The number of aryl methyl sites for hydroxylation is 1. The molecule has 0 aliphatic carbocycles. The SMILES string of the molecule is Cc1ccc(-n2c(SCC#N)nc3ccccc3c2=O)cc1F. The van der Waals surface area contributed by atoms with Crippen LogP contribution in [-0.4, -0.2) is 15.3 Å². The molecule has 114 valence electrons. The van der Waals surface area contributed by atoms with E-state index in [4.69, 9.17) is 5.26 Å². The fourth-order valence-electron chi connectivity index (χ4n) is 2.25. The van der Waals surface area contributed by atoms with Crippen molar-refractivity contribution in [2.24, 2.45) is 0 Å². The molecule has 3 aromatic rings.